The van der Waals surface area contributed by atoms with Gasteiger partial charge in [0.05, 0.1) is 13.2 Å². The van der Waals surface area contributed by atoms with Crippen molar-refractivity contribution >= 4 is 23.2 Å². The van der Waals surface area contributed by atoms with E-state index in [0.29, 0.717) is 31.2 Å². The zero-order valence-electron chi connectivity index (χ0n) is 13.3. The van der Waals surface area contributed by atoms with Gasteiger partial charge >= 0.3 is 5.97 Å². The molecule has 1 aliphatic heterocycles. The van der Waals surface area contributed by atoms with Gasteiger partial charge in [0, 0.05) is 18.0 Å². The first-order valence-electron chi connectivity index (χ1n) is 8.38. The van der Waals surface area contributed by atoms with Gasteiger partial charge in [-0.3, -0.25) is 4.79 Å². The van der Waals surface area contributed by atoms with Gasteiger partial charge in [-0.25, -0.2) is 4.79 Å². The van der Waals surface area contributed by atoms with Gasteiger partial charge in [-0.15, -0.1) is 11.3 Å². The van der Waals surface area contributed by atoms with Crippen molar-refractivity contribution in [1.29, 1.82) is 0 Å². The normalized spacial score (nSPS) is 18.7. The molecule has 0 N–H and O–H groups in total. The van der Waals surface area contributed by atoms with Gasteiger partial charge in [0.15, 0.2) is 6.61 Å². The highest BCUT2D eigenvalue weighted by molar-refractivity contribution is 7.14. The maximum Gasteiger partial charge on any atom is 0.348 e. The molecule has 1 fully saturated rings. The largest absolute Gasteiger partial charge is 0.451 e. The van der Waals surface area contributed by atoms with Crippen LogP contribution in [0.1, 0.15) is 45.8 Å². The molecule has 1 aromatic rings. The first kappa shape index (κ1) is 16.5. The lowest BCUT2D eigenvalue weighted by Crippen LogP contribution is -2.42. The van der Waals surface area contributed by atoms with Gasteiger partial charge in [0.1, 0.15) is 4.88 Å². The summed E-state index contributed by atoms with van der Waals surface area (Å²) in [6, 6.07) is 1.97. The molecule has 5 nitrogen and oxygen atoms in total. The van der Waals surface area contributed by atoms with Gasteiger partial charge in [-0.05, 0) is 37.3 Å². The second kappa shape index (κ2) is 7.93. The molecule has 0 bridgehead atoms. The Hall–Kier alpha value is -1.40. The minimum atomic E-state index is -0.372. The molecule has 0 aromatic carbocycles. The van der Waals surface area contributed by atoms with Gasteiger partial charge in [0.25, 0.3) is 5.91 Å². The monoisotopic (exact) mass is 337 g/mol. The standard InChI is InChI=1S/C17H23NO4S/c19-16(18-7-9-21-10-8-18)12-22-17(20)15-11-13-5-3-1-2-4-6-14(13)23-15/h11H,1-10,12H2. The molecule has 0 atom stereocenters. The number of fused-ring (bicyclic) bond motifs is 1. The van der Waals surface area contributed by atoms with Gasteiger partial charge < -0.3 is 14.4 Å². The van der Waals surface area contributed by atoms with Crippen LogP contribution in [0.5, 0.6) is 0 Å². The van der Waals surface area contributed by atoms with Crippen LogP contribution in [0.15, 0.2) is 6.07 Å². The fraction of sp³-hybridized carbons (Fsp3) is 0.647. The van der Waals surface area contributed by atoms with Gasteiger partial charge in [-0.1, -0.05) is 12.8 Å². The summed E-state index contributed by atoms with van der Waals surface area (Å²) in [6.45, 7) is 2.07. The van der Waals surface area contributed by atoms with E-state index < -0.39 is 0 Å². The van der Waals surface area contributed by atoms with Crippen LogP contribution in [-0.2, 0) is 27.1 Å². The highest BCUT2D eigenvalue weighted by atomic mass is 32.1. The highest BCUT2D eigenvalue weighted by Gasteiger charge is 2.21. The van der Waals surface area contributed by atoms with Crippen LogP contribution < -0.4 is 0 Å². The number of carbonyl (C=O) groups is 2. The van der Waals surface area contributed by atoms with Crippen molar-refractivity contribution < 1.29 is 19.1 Å². The Morgan fingerprint density at radius 3 is 2.65 bits per heavy atom. The summed E-state index contributed by atoms with van der Waals surface area (Å²) >= 11 is 1.53. The number of hydrogen-bond acceptors (Lipinski definition) is 5. The molecular formula is C17H23NO4S. The lowest BCUT2D eigenvalue weighted by Gasteiger charge is -2.26. The molecule has 0 saturated carbocycles. The van der Waals surface area contributed by atoms with Crippen LogP contribution in [0.4, 0.5) is 0 Å². The lowest BCUT2D eigenvalue weighted by molar-refractivity contribution is -0.138. The van der Waals surface area contributed by atoms with Crippen molar-refractivity contribution in [2.75, 3.05) is 32.9 Å². The van der Waals surface area contributed by atoms with E-state index in [9.17, 15) is 9.59 Å². The van der Waals surface area contributed by atoms with Crippen molar-refractivity contribution in [2.45, 2.75) is 38.5 Å². The average Bonchev–Trinajstić information content (AvgIpc) is 2.95. The molecule has 1 amide bonds. The molecule has 126 valence electrons. The molecule has 0 unspecified atom stereocenters. The number of rotatable bonds is 3. The van der Waals surface area contributed by atoms with Crippen LogP contribution in [-0.4, -0.2) is 49.7 Å². The molecule has 2 heterocycles. The number of nitrogens with zero attached hydrogens (tertiary/aromatic N) is 1. The van der Waals surface area contributed by atoms with E-state index in [-0.39, 0.29) is 18.5 Å². The SMILES string of the molecule is O=C(OCC(=O)N1CCOCC1)c1cc2c(s1)CCCCCC2. The fourth-order valence-corrected chi connectivity index (χ4v) is 4.19. The summed E-state index contributed by atoms with van der Waals surface area (Å²) in [5.74, 6) is -0.514. The summed E-state index contributed by atoms with van der Waals surface area (Å²) in [5.41, 5.74) is 1.29. The summed E-state index contributed by atoms with van der Waals surface area (Å²) in [4.78, 5) is 27.9. The molecule has 0 spiro atoms. The maximum absolute atomic E-state index is 12.2. The van der Waals surface area contributed by atoms with Crippen molar-refractivity contribution in [3.05, 3.63) is 21.4 Å². The Morgan fingerprint density at radius 2 is 1.87 bits per heavy atom. The molecular weight excluding hydrogens is 314 g/mol. The number of ether oxygens (including phenoxy) is 2. The number of thiophene rings is 1. The van der Waals surface area contributed by atoms with Crippen molar-refractivity contribution in [3.8, 4) is 0 Å². The summed E-state index contributed by atoms with van der Waals surface area (Å²) in [6.07, 6.45) is 7.02. The van der Waals surface area contributed by atoms with Crippen molar-refractivity contribution in [1.82, 2.24) is 4.90 Å². The van der Waals surface area contributed by atoms with E-state index >= 15 is 0 Å². The Morgan fingerprint density at radius 1 is 1.13 bits per heavy atom. The minimum Gasteiger partial charge on any atom is -0.451 e. The van der Waals surface area contributed by atoms with E-state index in [4.69, 9.17) is 9.47 Å². The molecule has 6 heteroatoms. The first-order valence-corrected chi connectivity index (χ1v) is 9.20. The van der Waals surface area contributed by atoms with Crippen LogP contribution in [0.3, 0.4) is 0 Å². The van der Waals surface area contributed by atoms with E-state index in [2.05, 4.69) is 0 Å². The zero-order valence-corrected chi connectivity index (χ0v) is 14.2. The van der Waals surface area contributed by atoms with Gasteiger partial charge in [-0.2, -0.15) is 0 Å². The predicted molar refractivity (Wildman–Crippen MR) is 87.9 cm³/mol. The quantitative estimate of drug-likeness (QED) is 0.795. The number of carbonyl (C=O) groups excluding carboxylic acids is 2. The third-order valence-electron chi connectivity index (χ3n) is 4.39. The molecule has 1 saturated heterocycles. The fourth-order valence-electron chi connectivity index (χ4n) is 3.05. The third-order valence-corrected chi connectivity index (χ3v) is 5.61. The Labute approximate surface area is 140 Å². The molecule has 23 heavy (non-hydrogen) atoms. The second-order valence-corrected chi connectivity index (χ2v) is 7.18. The van der Waals surface area contributed by atoms with Crippen LogP contribution >= 0.6 is 11.3 Å². The maximum atomic E-state index is 12.2. The van der Waals surface area contributed by atoms with Crippen LogP contribution in [0.2, 0.25) is 0 Å². The number of amides is 1. The van der Waals surface area contributed by atoms with Crippen LogP contribution in [0, 0.1) is 0 Å². The zero-order chi connectivity index (χ0) is 16.1. The Balaban J connectivity index is 1.55. The second-order valence-electron chi connectivity index (χ2n) is 6.04. The molecule has 0 radical (unpaired) electrons. The van der Waals surface area contributed by atoms with Crippen molar-refractivity contribution in [2.24, 2.45) is 0 Å². The van der Waals surface area contributed by atoms with E-state index in [1.807, 2.05) is 6.07 Å². The molecule has 1 aliphatic carbocycles. The molecule has 3 rings (SSSR count). The van der Waals surface area contributed by atoms with E-state index in [0.717, 1.165) is 12.8 Å². The van der Waals surface area contributed by atoms with E-state index in [1.165, 1.54) is 47.5 Å². The highest BCUT2D eigenvalue weighted by Crippen LogP contribution is 2.28. The summed E-state index contributed by atoms with van der Waals surface area (Å²) < 4.78 is 10.4. The van der Waals surface area contributed by atoms with Gasteiger partial charge in [0.2, 0.25) is 0 Å². The Bertz CT molecular complexity index is 537. The van der Waals surface area contributed by atoms with E-state index in [1.54, 1.807) is 4.90 Å². The summed E-state index contributed by atoms with van der Waals surface area (Å²) in [7, 11) is 0. The smallest absolute Gasteiger partial charge is 0.348 e. The topological polar surface area (TPSA) is 55.8 Å². The summed E-state index contributed by atoms with van der Waals surface area (Å²) in [5, 5.41) is 0. The predicted octanol–water partition coefficient (Wildman–Crippen LogP) is 2.42. The number of aryl methyl sites for hydroxylation is 2. The van der Waals surface area contributed by atoms with Crippen molar-refractivity contribution in [3.63, 3.8) is 0 Å². The first-order chi connectivity index (χ1) is 11.2. The average molecular weight is 337 g/mol. The lowest BCUT2D eigenvalue weighted by atomic mass is 10.00. The number of hydrogen-bond donors (Lipinski definition) is 0. The Kier molecular flexibility index (Phi) is 5.67. The third kappa shape index (κ3) is 4.32. The molecule has 1 aromatic heterocycles. The molecule has 2 aliphatic rings. The number of morpholine rings is 1. The van der Waals surface area contributed by atoms with Crippen LogP contribution in [0.25, 0.3) is 0 Å². The number of esters is 1. The minimum absolute atomic E-state index is 0.142.